The van der Waals surface area contributed by atoms with Gasteiger partial charge in [0.1, 0.15) is 5.82 Å². The summed E-state index contributed by atoms with van der Waals surface area (Å²) >= 11 is 0. The van der Waals surface area contributed by atoms with Crippen LogP contribution in [0.3, 0.4) is 0 Å². The van der Waals surface area contributed by atoms with Crippen molar-refractivity contribution in [2.45, 2.75) is 33.4 Å². The molecule has 35 heavy (non-hydrogen) atoms. The molecule has 0 spiro atoms. The van der Waals surface area contributed by atoms with Gasteiger partial charge in [0.2, 0.25) is 5.82 Å². The lowest BCUT2D eigenvalue weighted by Crippen LogP contribution is -2.45. The molecule has 1 aromatic heterocycles. The Bertz CT molecular complexity index is 1410. The summed E-state index contributed by atoms with van der Waals surface area (Å²) in [6, 6.07) is 21.1. The van der Waals surface area contributed by atoms with Gasteiger partial charge in [0.05, 0.1) is 18.2 Å². The summed E-state index contributed by atoms with van der Waals surface area (Å²) in [5.74, 6) is 0.421. The molecule has 1 unspecified atom stereocenters. The number of urea groups is 1. The van der Waals surface area contributed by atoms with Crippen molar-refractivity contribution in [3.05, 3.63) is 112 Å². The third kappa shape index (κ3) is 4.57. The standard InChI is InChI=1S/C28H25FN4O2/c1-17-7-9-20(10-8-17)16-33-19(3)24(25(30-28(33)34)21-11-13-23(29)14-12-21)27-31-26(32-35-27)22-6-4-5-18(2)15-22/h4-15,25H,16H2,1-3H3,(H,30,34). The third-order valence-corrected chi connectivity index (χ3v) is 6.19. The van der Waals surface area contributed by atoms with E-state index >= 15 is 0 Å². The van der Waals surface area contributed by atoms with E-state index in [0.29, 0.717) is 29.5 Å². The number of carbonyl (C=O) groups is 1. The van der Waals surface area contributed by atoms with Crippen LogP contribution in [0.25, 0.3) is 17.0 Å². The number of nitrogens with one attached hydrogen (secondary N) is 1. The molecular formula is C28H25FN4O2. The zero-order valence-corrected chi connectivity index (χ0v) is 19.7. The molecule has 1 aliphatic heterocycles. The second-order valence-electron chi connectivity index (χ2n) is 8.80. The fourth-order valence-corrected chi connectivity index (χ4v) is 4.26. The molecule has 2 heterocycles. The molecule has 176 valence electrons. The fourth-order valence-electron chi connectivity index (χ4n) is 4.26. The number of carbonyl (C=O) groups excluding carboxylic acids is 1. The van der Waals surface area contributed by atoms with Gasteiger partial charge in [-0.15, -0.1) is 0 Å². The van der Waals surface area contributed by atoms with E-state index in [2.05, 4.69) is 15.5 Å². The highest BCUT2D eigenvalue weighted by Crippen LogP contribution is 2.38. The zero-order chi connectivity index (χ0) is 24.5. The average Bonchev–Trinajstić information content (AvgIpc) is 3.33. The smallest absolute Gasteiger partial charge is 0.322 e. The second-order valence-corrected chi connectivity index (χ2v) is 8.80. The van der Waals surface area contributed by atoms with Gasteiger partial charge in [0.25, 0.3) is 5.89 Å². The second kappa shape index (κ2) is 9.18. The molecule has 0 fully saturated rings. The summed E-state index contributed by atoms with van der Waals surface area (Å²) in [4.78, 5) is 19.6. The molecule has 1 N–H and O–H groups in total. The lowest BCUT2D eigenvalue weighted by Gasteiger charge is -2.35. The van der Waals surface area contributed by atoms with E-state index in [1.807, 2.05) is 69.3 Å². The number of hydrogen-bond acceptors (Lipinski definition) is 4. The summed E-state index contributed by atoms with van der Waals surface area (Å²) in [5, 5.41) is 7.26. The van der Waals surface area contributed by atoms with Crippen LogP contribution in [-0.2, 0) is 6.54 Å². The Morgan fingerprint density at radius 3 is 2.43 bits per heavy atom. The van der Waals surface area contributed by atoms with E-state index in [-0.39, 0.29) is 11.8 Å². The Hall–Kier alpha value is -4.26. The van der Waals surface area contributed by atoms with Crippen LogP contribution in [0.5, 0.6) is 0 Å². The monoisotopic (exact) mass is 468 g/mol. The largest absolute Gasteiger partial charge is 0.334 e. The minimum absolute atomic E-state index is 0.250. The molecule has 0 saturated carbocycles. The van der Waals surface area contributed by atoms with Crippen LogP contribution in [0.15, 0.2) is 83.0 Å². The van der Waals surface area contributed by atoms with E-state index < -0.39 is 6.04 Å². The molecule has 1 atom stereocenters. The number of amides is 2. The Morgan fingerprint density at radius 1 is 0.971 bits per heavy atom. The summed E-state index contributed by atoms with van der Waals surface area (Å²) in [7, 11) is 0. The van der Waals surface area contributed by atoms with Crippen LogP contribution in [0, 0.1) is 19.7 Å². The fraction of sp³-hybridized carbons (Fsp3) is 0.179. The summed E-state index contributed by atoms with van der Waals surface area (Å²) < 4.78 is 19.4. The minimum atomic E-state index is -0.567. The van der Waals surface area contributed by atoms with Gasteiger partial charge in [-0.05, 0) is 50.1 Å². The predicted octanol–water partition coefficient (Wildman–Crippen LogP) is 6.19. The molecule has 6 nitrogen and oxygen atoms in total. The van der Waals surface area contributed by atoms with Crippen LogP contribution >= 0.6 is 0 Å². The van der Waals surface area contributed by atoms with Gasteiger partial charge in [0.15, 0.2) is 0 Å². The lowest BCUT2D eigenvalue weighted by molar-refractivity contribution is 0.203. The van der Waals surface area contributed by atoms with E-state index in [1.54, 1.807) is 17.0 Å². The van der Waals surface area contributed by atoms with Gasteiger partial charge in [-0.2, -0.15) is 4.98 Å². The predicted molar refractivity (Wildman–Crippen MR) is 131 cm³/mol. The molecule has 2 amide bonds. The van der Waals surface area contributed by atoms with Gasteiger partial charge >= 0.3 is 6.03 Å². The van der Waals surface area contributed by atoms with Crippen LogP contribution in [0.2, 0.25) is 0 Å². The maximum absolute atomic E-state index is 13.6. The lowest BCUT2D eigenvalue weighted by atomic mass is 9.94. The van der Waals surface area contributed by atoms with Crippen molar-refractivity contribution < 1.29 is 13.7 Å². The first-order valence-corrected chi connectivity index (χ1v) is 11.4. The van der Waals surface area contributed by atoms with E-state index in [4.69, 9.17) is 4.52 Å². The Labute approximate surface area is 203 Å². The maximum Gasteiger partial charge on any atom is 0.322 e. The molecular weight excluding hydrogens is 443 g/mol. The Kier molecular flexibility index (Phi) is 5.91. The minimum Gasteiger partial charge on any atom is -0.334 e. The molecule has 0 aliphatic carbocycles. The number of hydrogen-bond donors (Lipinski definition) is 1. The SMILES string of the molecule is CC1=C(c2nc(-c3cccc(C)c3)no2)C(c2ccc(F)cc2)NC(=O)N1Cc1ccc(C)cc1. The molecule has 0 bridgehead atoms. The summed E-state index contributed by atoms with van der Waals surface area (Å²) in [6.07, 6.45) is 0. The highest BCUT2D eigenvalue weighted by molar-refractivity contribution is 5.86. The third-order valence-electron chi connectivity index (χ3n) is 6.19. The number of allylic oxidation sites excluding steroid dienone is 1. The number of aryl methyl sites for hydroxylation is 2. The van der Waals surface area contributed by atoms with Crippen molar-refractivity contribution in [3.8, 4) is 11.4 Å². The molecule has 0 radical (unpaired) electrons. The van der Waals surface area contributed by atoms with Crippen molar-refractivity contribution in [2.24, 2.45) is 0 Å². The Balaban J connectivity index is 1.59. The quantitative estimate of drug-likeness (QED) is 0.379. The summed E-state index contributed by atoms with van der Waals surface area (Å²) in [6.45, 7) is 6.28. The first-order valence-electron chi connectivity index (χ1n) is 11.4. The molecule has 5 rings (SSSR count). The molecule has 0 saturated heterocycles. The van der Waals surface area contributed by atoms with E-state index in [1.165, 1.54) is 12.1 Å². The molecule has 1 aliphatic rings. The number of benzene rings is 3. The van der Waals surface area contributed by atoms with Gasteiger partial charge < -0.3 is 9.84 Å². The van der Waals surface area contributed by atoms with Crippen molar-refractivity contribution in [2.75, 3.05) is 0 Å². The normalized spacial score (nSPS) is 15.9. The van der Waals surface area contributed by atoms with Crippen molar-refractivity contribution >= 4 is 11.6 Å². The molecule has 3 aromatic carbocycles. The van der Waals surface area contributed by atoms with Crippen molar-refractivity contribution in [1.82, 2.24) is 20.4 Å². The highest BCUT2D eigenvalue weighted by Gasteiger charge is 2.35. The van der Waals surface area contributed by atoms with Crippen LogP contribution in [0.4, 0.5) is 9.18 Å². The van der Waals surface area contributed by atoms with Crippen molar-refractivity contribution in [3.63, 3.8) is 0 Å². The molecule has 7 heteroatoms. The highest BCUT2D eigenvalue weighted by atomic mass is 19.1. The topological polar surface area (TPSA) is 71.3 Å². The number of halogens is 1. The summed E-state index contributed by atoms with van der Waals surface area (Å²) in [5.41, 5.74) is 6.17. The van der Waals surface area contributed by atoms with Crippen molar-refractivity contribution in [1.29, 1.82) is 0 Å². The van der Waals surface area contributed by atoms with Crippen LogP contribution in [0.1, 0.15) is 41.1 Å². The number of aromatic nitrogens is 2. The first kappa shape index (κ1) is 22.5. The van der Waals surface area contributed by atoms with E-state index in [9.17, 15) is 9.18 Å². The van der Waals surface area contributed by atoms with Gasteiger partial charge in [0, 0.05) is 11.3 Å². The van der Waals surface area contributed by atoms with E-state index in [0.717, 1.165) is 27.8 Å². The number of rotatable bonds is 5. The number of nitrogens with zero attached hydrogens (tertiary/aromatic N) is 3. The molecule has 4 aromatic rings. The average molecular weight is 469 g/mol. The van der Waals surface area contributed by atoms with Gasteiger partial charge in [-0.25, -0.2) is 9.18 Å². The van der Waals surface area contributed by atoms with Crippen LogP contribution in [-0.4, -0.2) is 21.1 Å². The Morgan fingerprint density at radius 2 is 1.71 bits per heavy atom. The first-order chi connectivity index (χ1) is 16.9. The van der Waals surface area contributed by atoms with Crippen LogP contribution < -0.4 is 5.32 Å². The van der Waals surface area contributed by atoms with Gasteiger partial charge in [-0.3, -0.25) is 4.90 Å². The zero-order valence-electron chi connectivity index (χ0n) is 19.7. The van der Waals surface area contributed by atoms with Gasteiger partial charge in [-0.1, -0.05) is 70.9 Å². The maximum atomic E-state index is 13.6.